The van der Waals surface area contributed by atoms with Crippen LogP contribution in [0.1, 0.15) is 12.0 Å². The maximum Gasteiger partial charge on any atom is 0.311 e. The highest BCUT2D eigenvalue weighted by Gasteiger charge is 2.19. The minimum absolute atomic E-state index is 0.0188. The first kappa shape index (κ1) is 13.8. The highest BCUT2D eigenvalue weighted by atomic mass is 16.6. The second-order valence-electron chi connectivity index (χ2n) is 4.89. The molecule has 1 aliphatic heterocycles. The van der Waals surface area contributed by atoms with E-state index in [0.717, 1.165) is 25.1 Å². The molecule has 19 heavy (non-hydrogen) atoms. The fraction of sp³-hybridized carbons (Fsp3) is 0.538. The molecule has 6 nitrogen and oxygen atoms in total. The van der Waals surface area contributed by atoms with E-state index in [-0.39, 0.29) is 5.69 Å². The van der Waals surface area contributed by atoms with Gasteiger partial charge in [-0.15, -0.1) is 0 Å². The summed E-state index contributed by atoms with van der Waals surface area (Å²) in [5, 5.41) is 14.4. The summed E-state index contributed by atoms with van der Waals surface area (Å²) in [6.07, 6.45) is 1.12. The maximum atomic E-state index is 10.9. The number of likely N-dealkylation sites (N-methyl/N-ethyl adjacent to an activating group) is 1. The van der Waals surface area contributed by atoms with E-state index in [1.54, 1.807) is 12.1 Å². The van der Waals surface area contributed by atoms with Gasteiger partial charge < -0.3 is 15.0 Å². The molecule has 1 fully saturated rings. The van der Waals surface area contributed by atoms with Crippen molar-refractivity contribution in [3.63, 3.8) is 0 Å². The summed E-state index contributed by atoms with van der Waals surface area (Å²) >= 11 is 0. The average Bonchev–Trinajstić information content (AvgIpc) is 2.81. The third-order valence-corrected chi connectivity index (χ3v) is 3.43. The van der Waals surface area contributed by atoms with Crippen molar-refractivity contribution in [1.29, 1.82) is 0 Å². The lowest BCUT2D eigenvalue weighted by Crippen LogP contribution is -2.30. The molecule has 0 aromatic heterocycles. The Bertz CT molecular complexity index is 464. The standard InChI is InChI=1S/C13H19N3O3/c1-15-6-5-11(9-15)14-8-10-3-4-13(19-2)12(7-10)16(17)18/h3-4,7,11,14H,5-6,8-9H2,1-2H3. The zero-order valence-corrected chi connectivity index (χ0v) is 11.3. The molecular formula is C13H19N3O3. The Morgan fingerprint density at radius 1 is 1.58 bits per heavy atom. The van der Waals surface area contributed by atoms with Crippen molar-refractivity contribution in [2.45, 2.75) is 19.0 Å². The molecule has 1 saturated heterocycles. The van der Waals surface area contributed by atoms with E-state index in [2.05, 4.69) is 17.3 Å². The molecular weight excluding hydrogens is 246 g/mol. The first-order chi connectivity index (χ1) is 9.10. The molecule has 1 atom stereocenters. The maximum absolute atomic E-state index is 10.9. The minimum Gasteiger partial charge on any atom is -0.490 e. The molecule has 1 heterocycles. The van der Waals surface area contributed by atoms with Crippen molar-refractivity contribution in [2.75, 3.05) is 27.2 Å². The number of nitro benzene ring substituents is 1. The Labute approximate surface area is 112 Å². The quantitative estimate of drug-likeness (QED) is 0.644. The van der Waals surface area contributed by atoms with Gasteiger partial charge in [0.2, 0.25) is 0 Å². The Balaban J connectivity index is 2.00. The molecule has 0 saturated carbocycles. The van der Waals surface area contributed by atoms with E-state index in [4.69, 9.17) is 4.74 Å². The van der Waals surface area contributed by atoms with E-state index in [0.29, 0.717) is 18.3 Å². The zero-order valence-electron chi connectivity index (χ0n) is 11.3. The number of ether oxygens (including phenoxy) is 1. The van der Waals surface area contributed by atoms with Gasteiger partial charge in [-0.3, -0.25) is 10.1 Å². The van der Waals surface area contributed by atoms with Gasteiger partial charge in [-0.2, -0.15) is 0 Å². The number of nitrogens with zero attached hydrogens (tertiary/aromatic N) is 2. The van der Waals surface area contributed by atoms with Crippen LogP contribution in [0.4, 0.5) is 5.69 Å². The minimum atomic E-state index is -0.411. The number of benzene rings is 1. The molecule has 2 rings (SSSR count). The van der Waals surface area contributed by atoms with Crippen molar-refractivity contribution >= 4 is 5.69 Å². The van der Waals surface area contributed by atoms with Gasteiger partial charge in [0.05, 0.1) is 12.0 Å². The highest BCUT2D eigenvalue weighted by Crippen LogP contribution is 2.27. The summed E-state index contributed by atoms with van der Waals surface area (Å²) in [7, 11) is 3.54. The molecule has 0 bridgehead atoms. The smallest absolute Gasteiger partial charge is 0.311 e. The number of nitro groups is 1. The van der Waals surface area contributed by atoms with Gasteiger partial charge in [-0.25, -0.2) is 0 Å². The molecule has 0 amide bonds. The van der Waals surface area contributed by atoms with Crippen LogP contribution in [0.25, 0.3) is 0 Å². The number of hydrogen-bond donors (Lipinski definition) is 1. The summed E-state index contributed by atoms with van der Waals surface area (Å²) in [6, 6.07) is 5.55. The molecule has 0 spiro atoms. The van der Waals surface area contributed by atoms with Gasteiger partial charge in [-0.05, 0) is 31.6 Å². The Hall–Kier alpha value is -1.66. The van der Waals surface area contributed by atoms with Crippen LogP contribution >= 0.6 is 0 Å². The van der Waals surface area contributed by atoms with Crippen molar-refractivity contribution in [2.24, 2.45) is 0 Å². The number of nitrogens with one attached hydrogen (secondary N) is 1. The predicted molar refractivity (Wildman–Crippen MR) is 72.4 cm³/mol. The largest absolute Gasteiger partial charge is 0.490 e. The normalized spacial score (nSPS) is 19.6. The van der Waals surface area contributed by atoms with Crippen molar-refractivity contribution in [3.05, 3.63) is 33.9 Å². The first-order valence-corrected chi connectivity index (χ1v) is 6.33. The predicted octanol–water partition coefficient (Wildman–Crippen LogP) is 1.40. The molecule has 1 aromatic carbocycles. The van der Waals surface area contributed by atoms with Crippen molar-refractivity contribution in [3.8, 4) is 5.75 Å². The van der Waals surface area contributed by atoms with Gasteiger partial charge in [-0.1, -0.05) is 6.07 Å². The van der Waals surface area contributed by atoms with E-state index < -0.39 is 4.92 Å². The first-order valence-electron chi connectivity index (χ1n) is 6.33. The fourth-order valence-corrected chi connectivity index (χ4v) is 2.35. The third kappa shape index (κ3) is 3.42. The lowest BCUT2D eigenvalue weighted by molar-refractivity contribution is -0.385. The topological polar surface area (TPSA) is 67.6 Å². The van der Waals surface area contributed by atoms with Gasteiger partial charge in [0.15, 0.2) is 5.75 Å². The second kappa shape index (κ2) is 5.99. The van der Waals surface area contributed by atoms with Gasteiger partial charge >= 0.3 is 5.69 Å². The van der Waals surface area contributed by atoms with Crippen LogP contribution in [0.5, 0.6) is 5.75 Å². The van der Waals surface area contributed by atoms with Gasteiger partial charge in [0.25, 0.3) is 0 Å². The van der Waals surface area contributed by atoms with E-state index in [1.807, 2.05) is 6.07 Å². The molecule has 6 heteroatoms. The molecule has 0 aliphatic carbocycles. The molecule has 1 aromatic rings. The summed E-state index contributed by atoms with van der Waals surface area (Å²) in [4.78, 5) is 12.8. The number of methoxy groups -OCH3 is 1. The monoisotopic (exact) mass is 265 g/mol. The SMILES string of the molecule is COc1ccc(CNC2CCN(C)C2)cc1[N+](=O)[O-]. The van der Waals surface area contributed by atoms with Gasteiger partial charge in [0, 0.05) is 25.2 Å². The summed E-state index contributed by atoms with van der Waals surface area (Å²) < 4.78 is 4.98. The number of likely N-dealkylation sites (tertiary alicyclic amines) is 1. The number of hydrogen-bond acceptors (Lipinski definition) is 5. The lowest BCUT2D eigenvalue weighted by atomic mass is 10.1. The molecule has 1 N–H and O–H groups in total. The van der Waals surface area contributed by atoms with Crippen LogP contribution in [0.15, 0.2) is 18.2 Å². The Kier molecular flexibility index (Phi) is 4.34. The van der Waals surface area contributed by atoms with Crippen LogP contribution in [0.3, 0.4) is 0 Å². The molecule has 104 valence electrons. The van der Waals surface area contributed by atoms with Crippen molar-refractivity contribution in [1.82, 2.24) is 10.2 Å². The van der Waals surface area contributed by atoms with Crippen LogP contribution in [-0.4, -0.2) is 43.1 Å². The van der Waals surface area contributed by atoms with Crippen LogP contribution in [0.2, 0.25) is 0 Å². The van der Waals surface area contributed by atoms with Crippen LogP contribution in [-0.2, 0) is 6.54 Å². The van der Waals surface area contributed by atoms with E-state index in [9.17, 15) is 10.1 Å². The average molecular weight is 265 g/mol. The van der Waals surface area contributed by atoms with E-state index >= 15 is 0 Å². The second-order valence-corrected chi connectivity index (χ2v) is 4.89. The molecule has 1 aliphatic rings. The summed E-state index contributed by atoms with van der Waals surface area (Å²) in [5.41, 5.74) is 0.924. The summed E-state index contributed by atoms with van der Waals surface area (Å²) in [6.45, 7) is 2.77. The highest BCUT2D eigenvalue weighted by molar-refractivity contribution is 5.48. The third-order valence-electron chi connectivity index (χ3n) is 3.43. The molecule has 1 unspecified atom stereocenters. The fourth-order valence-electron chi connectivity index (χ4n) is 2.35. The van der Waals surface area contributed by atoms with Crippen LogP contribution in [0, 0.1) is 10.1 Å². The van der Waals surface area contributed by atoms with Crippen molar-refractivity contribution < 1.29 is 9.66 Å². The van der Waals surface area contributed by atoms with Gasteiger partial charge in [0.1, 0.15) is 0 Å². The summed E-state index contributed by atoms with van der Waals surface area (Å²) in [5.74, 6) is 0.300. The lowest BCUT2D eigenvalue weighted by Gasteiger charge is -2.13. The zero-order chi connectivity index (χ0) is 13.8. The Morgan fingerprint density at radius 3 is 2.95 bits per heavy atom. The number of rotatable bonds is 5. The molecule has 0 radical (unpaired) electrons. The van der Waals surface area contributed by atoms with Crippen LogP contribution < -0.4 is 10.1 Å². The Morgan fingerprint density at radius 2 is 2.37 bits per heavy atom. The van der Waals surface area contributed by atoms with E-state index in [1.165, 1.54) is 7.11 Å².